The second-order valence-corrected chi connectivity index (χ2v) is 3.69. The standard InChI is InChI=1S/C7H14INO/c8-10-5-6-2-1-3-7(9)4-6/h6-7H,1-5,9H2/t6?,7-/m0/s1. The number of rotatable bonds is 2. The molecule has 60 valence electrons. The van der Waals surface area contributed by atoms with Crippen molar-refractivity contribution in [2.45, 2.75) is 31.7 Å². The molecule has 0 aromatic heterocycles. The van der Waals surface area contributed by atoms with Crippen molar-refractivity contribution in [2.75, 3.05) is 6.61 Å². The summed E-state index contributed by atoms with van der Waals surface area (Å²) in [6.45, 7) is 0.883. The fourth-order valence-corrected chi connectivity index (χ4v) is 2.08. The first kappa shape index (κ1) is 8.74. The first-order valence-electron chi connectivity index (χ1n) is 3.82. The number of nitrogens with two attached hydrogens (primary N) is 1. The van der Waals surface area contributed by atoms with Crippen LogP contribution in [0.1, 0.15) is 25.7 Å². The Morgan fingerprint density at radius 1 is 1.50 bits per heavy atom. The van der Waals surface area contributed by atoms with E-state index in [1.54, 1.807) is 0 Å². The molecule has 0 saturated heterocycles. The van der Waals surface area contributed by atoms with E-state index in [1.165, 1.54) is 19.3 Å². The van der Waals surface area contributed by atoms with Crippen molar-refractivity contribution >= 4 is 23.0 Å². The van der Waals surface area contributed by atoms with Gasteiger partial charge >= 0.3 is 0 Å². The third-order valence-electron chi connectivity index (χ3n) is 2.12. The Labute approximate surface area is 76.2 Å². The van der Waals surface area contributed by atoms with Crippen molar-refractivity contribution in [1.82, 2.24) is 0 Å². The van der Waals surface area contributed by atoms with Crippen LogP contribution < -0.4 is 5.73 Å². The monoisotopic (exact) mass is 255 g/mol. The van der Waals surface area contributed by atoms with E-state index in [9.17, 15) is 0 Å². The van der Waals surface area contributed by atoms with Crippen LogP contribution in [0.25, 0.3) is 0 Å². The summed E-state index contributed by atoms with van der Waals surface area (Å²) in [4.78, 5) is 0. The summed E-state index contributed by atoms with van der Waals surface area (Å²) in [6, 6.07) is 0.435. The highest BCUT2D eigenvalue weighted by Gasteiger charge is 2.18. The van der Waals surface area contributed by atoms with Gasteiger partial charge in [-0.15, -0.1) is 0 Å². The van der Waals surface area contributed by atoms with Gasteiger partial charge in [-0.1, -0.05) is 6.42 Å². The lowest BCUT2D eigenvalue weighted by Crippen LogP contribution is -2.29. The molecule has 1 aliphatic carbocycles. The van der Waals surface area contributed by atoms with Gasteiger partial charge in [-0.2, -0.15) is 0 Å². The molecule has 10 heavy (non-hydrogen) atoms. The topological polar surface area (TPSA) is 35.2 Å². The van der Waals surface area contributed by atoms with E-state index in [1.807, 2.05) is 23.0 Å². The molecule has 1 saturated carbocycles. The van der Waals surface area contributed by atoms with Crippen molar-refractivity contribution in [3.8, 4) is 0 Å². The van der Waals surface area contributed by atoms with Crippen molar-refractivity contribution in [3.05, 3.63) is 0 Å². The molecule has 1 unspecified atom stereocenters. The molecular weight excluding hydrogens is 241 g/mol. The number of hydrogen-bond donors (Lipinski definition) is 1. The van der Waals surface area contributed by atoms with Gasteiger partial charge in [0.25, 0.3) is 0 Å². The van der Waals surface area contributed by atoms with Crippen LogP contribution in [0.15, 0.2) is 0 Å². The summed E-state index contributed by atoms with van der Waals surface area (Å²) < 4.78 is 5.04. The van der Waals surface area contributed by atoms with Gasteiger partial charge < -0.3 is 8.80 Å². The first-order chi connectivity index (χ1) is 4.83. The molecule has 2 atom stereocenters. The zero-order chi connectivity index (χ0) is 7.40. The predicted molar refractivity (Wildman–Crippen MR) is 49.9 cm³/mol. The van der Waals surface area contributed by atoms with Gasteiger partial charge in [-0.05, 0) is 25.2 Å². The van der Waals surface area contributed by atoms with Gasteiger partial charge in [0.05, 0.1) is 6.61 Å². The summed E-state index contributed by atoms with van der Waals surface area (Å²) in [5.74, 6) is 0.723. The average Bonchev–Trinajstić information content (AvgIpc) is 1.88. The molecule has 0 spiro atoms. The SMILES string of the molecule is N[C@H]1CCCC(COI)C1. The lowest BCUT2D eigenvalue weighted by Gasteiger charge is -2.25. The maximum absolute atomic E-state index is 5.80. The van der Waals surface area contributed by atoms with E-state index in [4.69, 9.17) is 8.80 Å². The molecule has 3 heteroatoms. The van der Waals surface area contributed by atoms with Gasteiger partial charge in [0, 0.05) is 6.04 Å². The summed E-state index contributed by atoms with van der Waals surface area (Å²) in [5.41, 5.74) is 5.80. The van der Waals surface area contributed by atoms with E-state index < -0.39 is 0 Å². The summed E-state index contributed by atoms with van der Waals surface area (Å²) >= 11 is 1.96. The van der Waals surface area contributed by atoms with E-state index in [0.717, 1.165) is 18.9 Å². The van der Waals surface area contributed by atoms with Gasteiger partial charge in [0.15, 0.2) is 0 Å². The highest BCUT2D eigenvalue weighted by atomic mass is 127. The van der Waals surface area contributed by atoms with Crippen molar-refractivity contribution in [1.29, 1.82) is 0 Å². The molecule has 2 N–H and O–H groups in total. The van der Waals surface area contributed by atoms with Crippen LogP contribution in [0.4, 0.5) is 0 Å². The van der Waals surface area contributed by atoms with Crippen LogP contribution in [0.3, 0.4) is 0 Å². The van der Waals surface area contributed by atoms with Crippen LogP contribution in [-0.4, -0.2) is 12.6 Å². The zero-order valence-electron chi connectivity index (χ0n) is 6.05. The van der Waals surface area contributed by atoms with E-state index >= 15 is 0 Å². The van der Waals surface area contributed by atoms with Crippen LogP contribution in [-0.2, 0) is 3.07 Å². The minimum atomic E-state index is 0.435. The molecule has 1 fully saturated rings. The Kier molecular flexibility index (Phi) is 3.95. The molecule has 0 aromatic carbocycles. The molecule has 2 nitrogen and oxygen atoms in total. The number of halogens is 1. The lowest BCUT2D eigenvalue weighted by molar-refractivity contribution is 0.240. The molecule has 0 aromatic rings. The first-order valence-corrected chi connectivity index (χ1v) is 4.70. The highest BCUT2D eigenvalue weighted by molar-refractivity contribution is 14.1. The second-order valence-electron chi connectivity index (χ2n) is 3.07. The predicted octanol–water partition coefficient (Wildman–Crippen LogP) is 1.87. The van der Waals surface area contributed by atoms with Crippen LogP contribution in [0.2, 0.25) is 0 Å². The molecule has 0 radical (unpaired) electrons. The Morgan fingerprint density at radius 2 is 2.30 bits per heavy atom. The summed E-state index contributed by atoms with van der Waals surface area (Å²) in [5, 5.41) is 0. The van der Waals surface area contributed by atoms with Gasteiger partial charge in [0.2, 0.25) is 0 Å². The van der Waals surface area contributed by atoms with Crippen molar-refractivity contribution in [2.24, 2.45) is 11.7 Å². The molecule has 1 rings (SSSR count). The van der Waals surface area contributed by atoms with Crippen molar-refractivity contribution in [3.63, 3.8) is 0 Å². The maximum Gasteiger partial charge on any atom is 0.109 e. The molecule has 0 amide bonds. The van der Waals surface area contributed by atoms with Crippen LogP contribution in [0.5, 0.6) is 0 Å². The Hall–Kier alpha value is 0.650. The van der Waals surface area contributed by atoms with Crippen LogP contribution in [0, 0.1) is 5.92 Å². The molecule has 0 bridgehead atoms. The van der Waals surface area contributed by atoms with Crippen molar-refractivity contribution < 1.29 is 3.07 Å². The Bertz CT molecular complexity index is 97.6. The fraction of sp³-hybridized carbons (Fsp3) is 1.00. The summed E-state index contributed by atoms with van der Waals surface area (Å²) in [7, 11) is 0. The van der Waals surface area contributed by atoms with E-state index in [2.05, 4.69) is 0 Å². The number of hydrogen-bond acceptors (Lipinski definition) is 2. The highest BCUT2D eigenvalue weighted by Crippen LogP contribution is 2.23. The summed E-state index contributed by atoms with van der Waals surface area (Å²) in [6.07, 6.45) is 4.95. The largest absolute Gasteiger partial charge is 0.328 e. The molecule has 0 heterocycles. The molecular formula is C7H14INO. The van der Waals surface area contributed by atoms with Gasteiger partial charge in [-0.25, -0.2) is 0 Å². The minimum Gasteiger partial charge on any atom is -0.328 e. The smallest absolute Gasteiger partial charge is 0.109 e. The van der Waals surface area contributed by atoms with Gasteiger partial charge in [-0.3, -0.25) is 0 Å². The van der Waals surface area contributed by atoms with Gasteiger partial charge in [0.1, 0.15) is 23.0 Å². The maximum atomic E-state index is 5.80. The third-order valence-corrected chi connectivity index (χ3v) is 2.48. The minimum absolute atomic E-state index is 0.435. The normalized spacial score (nSPS) is 34.2. The zero-order valence-corrected chi connectivity index (χ0v) is 8.21. The third kappa shape index (κ3) is 2.72. The average molecular weight is 255 g/mol. The fourth-order valence-electron chi connectivity index (χ4n) is 1.57. The quantitative estimate of drug-likeness (QED) is 0.764. The Balaban J connectivity index is 2.18. The lowest BCUT2D eigenvalue weighted by atomic mass is 9.87. The molecule has 0 aliphatic heterocycles. The molecule has 1 aliphatic rings. The van der Waals surface area contributed by atoms with E-state index in [0.29, 0.717) is 6.04 Å². The van der Waals surface area contributed by atoms with E-state index in [-0.39, 0.29) is 0 Å². The van der Waals surface area contributed by atoms with Crippen LogP contribution >= 0.6 is 23.0 Å². The Morgan fingerprint density at radius 3 is 2.90 bits per heavy atom. The second kappa shape index (κ2) is 4.51.